The van der Waals surface area contributed by atoms with Gasteiger partial charge in [0.2, 0.25) is 0 Å². The van der Waals surface area contributed by atoms with E-state index >= 15 is 0 Å². The molecule has 2 amide bonds. The van der Waals surface area contributed by atoms with Crippen molar-refractivity contribution in [2.24, 2.45) is 5.73 Å². The number of aryl methyl sites for hydroxylation is 2. The van der Waals surface area contributed by atoms with Gasteiger partial charge in [0.25, 0.3) is 11.8 Å². The normalized spacial score (nSPS) is 11.0. The third-order valence-electron chi connectivity index (χ3n) is 3.31. The first-order chi connectivity index (χ1) is 10.3. The molecule has 0 aliphatic heterocycles. The van der Waals surface area contributed by atoms with Crippen molar-refractivity contribution in [3.05, 3.63) is 33.5 Å². The number of nitrogens with zero attached hydrogens (tertiary/aromatic N) is 1. The topological polar surface area (TPSA) is 98.2 Å². The van der Waals surface area contributed by atoms with Crippen molar-refractivity contribution < 1.29 is 14.1 Å². The number of hydrogen-bond donors (Lipinski definition) is 2. The molecule has 2 aromatic rings. The maximum absolute atomic E-state index is 12.5. The Hall–Kier alpha value is -2.15. The minimum Gasteiger partial charge on any atom is -0.366 e. The van der Waals surface area contributed by atoms with E-state index in [4.69, 9.17) is 10.3 Å². The van der Waals surface area contributed by atoms with Crippen LogP contribution in [0, 0.1) is 6.92 Å². The summed E-state index contributed by atoms with van der Waals surface area (Å²) in [4.78, 5) is 25.0. The Bertz CT molecular complexity index is 716. The third kappa shape index (κ3) is 3.04. The molecule has 0 atom stereocenters. The van der Waals surface area contributed by atoms with Crippen molar-refractivity contribution >= 4 is 28.2 Å². The number of amides is 2. The highest BCUT2D eigenvalue weighted by atomic mass is 32.1. The van der Waals surface area contributed by atoms with Crippen molar-refractivity contribution in [1.82, 2.24) is 5.16 Å². The lowest BCUT2D eigenvalue weighted by Crippen LogP contribution is -2.17. The summed E-state index contributed by atoms with van der Waals surface area (Å²) in [5, 5.41) is 7.09. The van der Waals surface area contributed by atoms with E-state index in [1.165, 1.54) is 11.3 Å². The molecular formula is C15H19N3O3S. The first kappa shape index (κ1) is 16.2. The smallest absolute Gasteiger partial charge is 0.261 e. The molecule has 3 N–H and O–H groups in total. The molecule has 2 heterocycles. The Balaban J connectivity index is 2.35. The summed E-state index contributed by atoms with van der Waals surface area (Å²) in [7, 11) is 0. The quantitative estimate of drug-likeness (QED) is 0.884. The van der Waals surface area contributed by atoms with Gasteiger partial charge in [0, 0.05) is 4.88 Å². The highest BCUT2D eigenvalue weighted by Crippen LogP contribution is 2.33. The van der Waals surface area contributed by atoms with Gasteiger partial charge in [-0.2, -0.15) is 0 Å². The predicted molar refractivity (Wildman–Crippen MR) is 85.5 cm³/mol. The second-order valence-corrected chi connectivity index (χ2v) is 6.36. The van der Waals surface area contributed by atoms with E-state index < -0.39 is 5.91 Å². The molecule has 0 aliphatic carbocycles. The fraction of sp³-hybridized carbons (Fsp3) is 0.400. The Morgan fingerprint density at radius 2 is 2.14 bits per heavy atom. The summed E-state index contributed by atoms with van der Waals surface area (Å²) in [5.41, 5.74) is 6.73. The lowest BCUT2D eigenvalue weighted by Gasteiger charge is -2.04. The number of anilines is 1. The Morgan fingerprint density at radius 3 is 2.68 bits per heavy atom. The van der Waals surface area contributed by atoms with Crippen LogP contribution >= 0.6 is 11.3 Å². The van der Waals surface area contributed by atoms with Crippen LogP contribution in [-0.2, 0) is 6.42 Å². The number of nitrogens with two attached hydrogens (primary N) is 1. The maximum atomic E-state index is 12.5. The number of primary amides is 1. The largest absolute Gasteiger partial charge is 0.366 e. The fourth-order valence-electron chi connectivity index (χ4n) is 2.09. The van der Waals surface area contributed by atoms with Gasteiger partial charge in [0.05, 0.1) is 11.3 Å². The molecule has 22 heavy (non-hydrogen) atoms. The van der Waals surface area contributed by atoms with Crippen LogP contribution in [0.15, 0.2) is 10.6 Å². The van der Waals surface area contributed by atoms with Crippen LogP contribution < -0.4 is 11.1 Å². The van der Waals surface area contributed by atoms with E-state index in [1.54, 1.807) is 13.0 Å². The van der Waals surface area contributed by atoms with Gasteiger partial charge < -0.3 is 15.6 Å². The van der Waals surface area contributed by atoms with E-state index in [0.717, 1.165) is 4.88 Å². The van der Waals surface area contributed by atoms with Crippen LogP contribution in [0.2, 0.25) is 0 Å². The molecule has 0 spiro atoms. The number of carbonyl (C=O) groups is 2. The molecule has 6 nitrogen and oxygen atoms in total. The summed E-state index contributed by atoms with van der Waals surface area (Å²) in [5.74, 6) is -0.195. The second kappa shape index (κ2) is 6.31. The average Bonchev–Trinajstić information content (AvgIpc) is 3.02. The van der Waals surface area contributed by atoms with Crippen LogP contribution in [-0.4, -0.2) is 17.0 Å². The van der Waals surface area contributed by atoms with Crippen LogP contribution in [0.3, 0.4) is 0 Å². The van der Waals surface area contributed by atoms with Crippen molar-refractivity contribution in [2.45, 2.75) is 40.0 Å². The van der Waals surface area contributed by atoms with Crippen LogP contribution in [0.5, 0.6) is 0 Å². The zero-order valence-corrected chi connectivity index (χ0v) is 13.8. The zero-order chi connectivity index (χ0) is 16.4. The minimum atomic E-state index is -0.559. The van der Waals surface area contributed by atoms with Crippen LogP contribution in [0.1, 0.15) is 63.7 Å². The molecule has 0 aliphatic rings. The lowest BCUT2D eigenvalue weighted by molar-refractivity contribution is 0.100. The third-order valence-corrected chi connectivity index (χ3v) is 4.66. The average molecular weight is 321 g/mol. The Morgan fingerprint density at radius 1 is 1.45 bits per heavy atom. The predicted octanol–water partition coefficient (Wildman–Crippen LogP) is 3.08. The van der Waals surface area contributed by atoms with Gasteiger partial charge in [-0.05, 0) is 25.3 Å². The van der Waals surface area contributed by atoms with E-state index in [0.29, 0.717) is 34.0 Å². The summed E-state index contributed by atoms with van der Waals surface area (Å²) < 4.78 is 5.07. The maximum Gasteiger partial charge on any atom is 0.261 e. The van der Waals surface area contributed by atoms with Gasteiger partial charge in [0.15, 0.2) is 0 Å². The molecule has 0 unspecified atom stereocenters. The number of carbonyl (C=O) groups excluding carboxylic acids is 2. The van der Waals surface area contributed by atoms with E-state index in [9.17, 15) is 9.59 Å². The monoisotopic (exact) mass is 321 g/mol. The SMILES string of the molecule is CCc1noc(C)c1C(=O)Nc1sc(C(C)C)cc1C(N)=O. The van der Waals surface area contributed by atoms with Gasteiger partial charge in [0.1, 0.15) is 16.3 Å². The number of aromatic nitrogens is 1. The minimum absolute atomic E-state index is 0.247. The molecule has 0 radical (unpaired) electrons. The standard InChI is InChI=1S/C15H19N3O3S/c1-5-10-12(8(4)21-18-10)14(20)17-15-9(13(16)19)6-11(22-15)7(2)3/h6-7H,5H2,1-4H3,(H2,16,19)(H,17,20). The number of nitrogens with one attached hydrogen (secondary N) is 1. The summed E-state index contributed by atoms with van der Waals surface area (Å²) in [6.07, 6.45) is 0.588. The summed E-state index contributed by atoms with van der Waals surface area (Å²) in [6.45, 7) is 7.61. The highest BCUT2D eigenvalue weighted by Gasteiger charge is 2.22. The van der Waals surface area contributed by atoms with Gasteiger partial charge in [-0.3, -0.25) is 9.59 Å². The lowest BCUT2D eigenvalue weighted by atomic mass is 10.1. The molecule has 0 fully saturated rings. The molecule has 0 saturated heterocycles. The van der Waals surface area contributed by atoms with Gasteiger partial charge in [-0.1, -0.05) is 25.9 Å². The van der Waals surface area contributed by atoms with Crippen LogP contribution in [0.4, 0.5) is 5.00 Å². The first-order valence-electron chi connectivity index (χ1n) is 7.05. The summed E-state index contributed by atoms with van der Waals surface area (Å²) in [6, 6.07) is 1.73. The first-order valence-corrected chi connectivity index (χ1v) is 7.86. The molecule has 0 aromatic carbocycles. The molecule has 7 heteroatoms. The second-order valence-electron chi connectivity index (χ2n) is 5.28. The van der Waals surface area contributed by atoms with Crippen molar-refractivity contribution in [2.75, 3.05) is 5.32 Å². The number of rotatable bonds is 5. The van der Waals surface area contributed by atoms with E-state index in [1.807, 2.05) is 20.8 Å². The van der Waals surface area contributed by atoms with Crippen molar-refractivity contribution in [3.8, 4) is 0 Å². The van der Waals surface area contributed by atoms with Gasteiger partial charge >= 0.3 is 0 Å². The Labute approximate surface area is 132 Å². The van der Waals surface area contributed by atoms with E-state index in [-0.39, 0.29) is 11.8 Å². The highest BCUT2D eigenvalue weighted by molar-refractivity contribution is 7.16. The van der Waals surface area contributed by atoms with Gasteiger partial charge in [-0.25, -0.2) is 0 Å². The number of thiophene rings is 1. The van der Waals surface area contributed by atoms with Crippen LogP contribution in [0.25, 0.3) is 0 Å². The molecular weight excluding hydrogens is 302 g/mol. The Kier molecular flexibility index (Phi) is 4.65. The molecule has 0 saturated carbocycles. The molecule has 118 valence electrons. The summed E-state index contributed by atoms with van der Waals surface area (Å²) >= 11 is 1.36. The zero-order valence-electron chi connectivity index (χ0n) is 13.0. The van der Waals surface area contributed by atoms with Crippen molar-refractivity contribution in [1.29, 1.82) is 0 Å². The fourth-order valence-corrected chi connectivity index (χ4v) is 3.15. The number of hydrogen-bond acceptors (Lipinski definition) is 5. The van der Waals surface area contributed by atoms with Gasteiger partial charge in [-0.15, -0.1) is 11.3 Å². The van der Waals surface area contributed by atoms with Crippen molar-refractivity contribution in [3.63, 3.8) is 0 Å². The van der Waals surface area contributed by atoms with E-state index in [2.05, 4.69) is 10.5 Å². The molecule has 0 bridgehead atoms. The molecule has 2 rings (SSSR count). The molecule has 2 aromatic heterocycles.